The zero-order valence-corrected chi connectivity index (χ0v) is 11.5. The Morgan fingerprint density at radius 2 is 2.00 bits per heavy atom. The number of amides is 1. The van der Waals surface area contributed by atoms with Gasteiger partial charge in [-0.1, -0.05) is 13.8 Å². The summed E-state index contributed by atoms with van der Waals surface area (Å²) in [5.41, 5.74) is 6.97. The lowest BCUT2D eigenvalue weighted by atomic mass is 9.93. The van der Waals surface area contributed by atoms with E-state index in [1.807, 2.05) is 39.0 Å². The molecule has 0 fully saturated rings. The Morgan fingerprint density at radius 1 is 1.39 bits per heavy atom. The number of rotatable bonds is 5. The van der Waals surface area contributed by atoms with Gasteiger partial charge in [0.1, 0.15) is 5.75 Å². The number of nitrogens with two attached hydrogens (primary N) is 1. The number of carbonyl (C=O) groups excluding carboxylic acids is 1. The van der Waals surface area contributed by atoms with Crippen LogP contribution in [0.3, 0.4) is 0 Å². The van der Waals surface area contributed by atoms with Gasteiger partial charge in [-0.05, 0) is 43.5 Å². The summed E-state index contributed by atoms with van der Waals surface area (Å²) in [6, 6.07) is 5.53. The van der Waals surface area contributed by atoms with Crippen LogP contribution in [0.4, 0.5) is 5.69 Å². The van der Waals surface area contributed by atoms with Crippen LogP contribution in [0.15, 0.2) is 18.2 Å². The van der Waals surface area contributed by atoms with E-state index < -0.39 is 5.54 Å². The first-order valence-electron chi connectivity index (χ1n) is 6.21. The summed E-state index contributed by atoms with van der Waals surface area (Å²) >= 11 is 0. The first-order valence-corrected chi connectivity index (χ1v) is 6.21. The molecule has 3 N–H and O–H groups in total. The summed E-state index contributed by atoms with van der Waals surface area (Å²) in [5.74, 6) is 0.662. The number of ether oxygens (including phenoxy) is 1. The first kappa shape index (κ1) is 14.5. The van der Waals surface area contributed by atoms with Crippen molar-refractivity contribution < 1.29 is 9.53 Å². The molecule has 1 aromatic rings. The predicted molar refractivity (Wildman–Crippen MR) is 73.9 cm³/mol. The first-order chi connectivity index (χ1) is 8.46. The lowest BCUT2D eigenvalue weighted by Gasteiger charge is -2.25. The van der Waals surface area contributed by atoms with Crippen molar-refractivity contribution in [2.75, 3.05) is 12.4 Å². The van der Waals surface area contributed by atoms with E-state index >= 15 is 0 Å². The molecule has 0 heterocycles. The topological polar surface area (TPSA) is 64.4 Å². The van der Waals surface area contributed by atoms with E-state index in [0.717, 1.165) is 17.0 Å². The Bertz CT molecular complexity index is 426. The van der Waals surface area contributed by atoms with Gasteiger partial charge in [0.05, 0.1) is 12.6 Å². The molecule has 100 valence electrons. The van der Waals surface area contributed by atoms with Crippen molar-refractivity contribution in [2.24, 2.45) is 5.73 Å². The lowest BCUT2D eigenvalue weighted by molar-refractivity contribution is -0.121. The largest absolute Gasteiger partial charge is 0.496 e. The fourth-order valence-corrected chi connectivity index (χ4v) is 1.78. The highest BCUT2D eigenvalue weighted by molar-refractivity contribution is 5.98. The van der Waals surface area contributed by atoms with Gasteiger partial charge in [0.25, 0.3) is 0 Å². The average Bonchev–Trinajstić information content (AvgIpc) is 2.38. The Hall–Kier alpha value is -1.55. The van der Waals surface area contributed by atoms with Crippen LogP contribution >= 0.6 is 0 Å². The second kappa shape index (κ2) is 5.87. The van der Waals surface area contributed by atoms with Gasteiger partial charge >= 0.3 is 0 Å². The minimum atomic E-state index is -0.798. The molecule has 0 bridgehead atoms. The van der Waals surface area contributed by atoms with Crippen molar-refractivity contribution in [1.29, 1.82) is 0 Å². The molecule has 0 spiro atoms. The summed E-state index contributed by atoms with van der Waals surface area (Å²) in [6.07, 6.45) is 1.23. The molecule has 0 saturated carbocycles. The van der Waals surface area contributed by atoms with Crippen LogP contribution in [-0.2, 0) is 4.79 Å². The number of aryl methyl sites for hydroxylation is 1. The molecule has 0 aliphatic rings. The highest BCUT2D eigenvalue weighted by Crippen LogP contribution is 2.22. The van der Waals surface area contributed by atoms with Crippen LogP contribution in [0.1, 0.15) is 32.3 Å². The van der Waals surface area contributed by atoms with E-state index in [4.69, 9.17) is 10.5 Å². The zero-order chi connectivity index (χ0) is 13.8. The smallest absolute Gasteiger partial charge is 0.244 e. The Labute approximate surface area is 109 Å². The molecule has 1 rings (SSSR count). The van der Waals surface area contributed by atoms with E-state index in [9.17, 15) is 4.79 Å². The van der Waals surface area contributed by atoms with E-state index in [1.165, 1.54) is 0 Å². The quantitative estimate of drug-likeness (QED) is 0.843. The molecule has 4 nitrogen and oxygen atoms in total. The molecule has 0 radical (unpaired) electrons. The second-order valence-electron chi connectivity index (χ2n) is 4.50. The fourth-order valence-electron chi connectivity index (χ4n) is 1.78. The molecule has 0 atom stereocenters. The van der Waals surface area contributed by atoms with Crippen molar-refractivity contribution in [3.8, 4) is 5.75 Å². The number of hydrogen-bond acceptors (Lipinski definition) is 3. The number of hydrogen-bond donors (Lipinski definition) is 2. The molecule has 0 saturated heterocycles. The standard InChI is InChI=1S/C14H22N2O2/c1-5-14(15,6-2)13(17)16-11-7-8-12(18-4)10(3)9-11/h7-9H,5-6,15H2,1-4H3,(H,16,17). The number of methoxy groups -OCH3 is 1. The molecule has 0 aromatic heterocycles. The highest BCUT2D eigenvalue weighted by Gasteiger charge is 2.29. The van der Waals surface area contributed by atoms with E-state index in [0.29, 0.717) is 12.8 Å². The van der Waals surface area contributed by atoms with Crippen LogP contribution in [-0.4, -0.2) is 18.6 Å². The summed E-state index contributed by atoms with van der Waals surface area (Å²) in [5, 5.41) is 2.86. The summed E-state index contributed by atoms with van der Waals surface area (Å²) in [7, 11) is 1.62. The summed E-state index contributed by atoms with van der Waals surface area (Å²) in [6.45, 7) is 5.77. The third kappa shape index (κ3) is 3.01. The van der Waals surface area contributed by atoms with Gasteiger partial charge in [-0.3, -0.25) is 4.79 Å². The Kier molecular flexibility index (Phi) is 4.73. The van der Waals surface area contributed by atoms with Gasteiger partial charge < -0.3 is 15.8 Å². The molecular weight excluding hydrogens is 228 g/mol. The van der Waals surface area contributed by atoms with Crippen molar-refractivity contribution in [3.05, 3.63) is 23.8 Å². The molecule has 18 heavy (non-hydrogen) atoms. The van der Waals surface area contributed by atoms with Gasteiger partial charge in [-0.25, -0.2) is 0 Å². The Morgan fingerprint density at radius 3 is 2.44 bits per heavy atom. The van der Waals surface area contributed by atoms with Gasteiger partial charge in [-0.15, -0.1) is 0 Å². The van der Waals surface area contributed by atoms with Crippen molar-refractivity contribution >= 4 is 11.6 Å². The van der Waals surface area contributed by atoms with E-state index in [2.05, 4.69) is 5.32 Å². The average molecular weight is 250 g/mol. The monoisotopic (exact) mass is 250 g/mol. The minimum absolute atomic E-state index is 0.142. The highest BCUT2D eigenvalue weighted by atomic mass is 16.5. The minimum Gasteiger partial charge on any atom is -0.496 e. The van der Waals surface area contributed by atoms with Gasteiger partial charge in [0.15, 0.2) is 0 Å². The molecule has 4 heteroatoms. The van der Waals surface area contributed by atoms with Crippen LogP contribution in [0.25, 0.3) is 0 Å². The molecule has 0 unspecified atom stereocenters. The normalized spacial score (nSPS) is 11.2. The second-order valence-corrected chi connectivity index (χ2v) is 4.50. The molecular formula is C14H22N2O2. The SMILES string of the molecule is CCC(N)(CC)C(=O)Nc1ccc(OC)c(C)c1. The predicted octanol–water partition coefficient (Wildman–Crippen LogP) is 2.46. The van der Waals surface area contributed by atoms with E-state index in [-0.39, 0.29) is 5.91 Å². The van der Waals surface area contributed by atoms with Crippen molar-refractivity contribution in [3.63, 3.8) is 0 Å². The van der Waals surface area contributed by atoms with Gasteiger partial charge in [0, 0.05) is 5.69 Å². The molecule has 1 aromatic carbocycles. The van der Waals surface area contributed by atoms with Crippen LogP contribution < -0.4 is 15.8 Å². The van der Waals surface area contributed by atoms with Gasteiger partial charge in [0.2, 0.25) is 5.91 Å². The number of carbonyl (C=O) groups is 1. The third-order valence-electron chi connectivity index (χ3n) is 3.37. The molecule has 0 aliphatic heterocycles. The Balaban J connectivity index is 2.85. The van der Waals surface area contributed by atoms with Crippen LogP contribution in [0, 0.1) is 6.92 Å². The van der Waals surface area contributed by atoms with Crippen LogP contribution in [0.5, 0.6) is 5.75 Å². The molecule has 0 aliphatic carbocycles. The summed E-state index contributed by atoms with van der Waals surface area (Å²) in [4.78, 5) is 12.1. The third-order valence-corrected chi connectivity index (χ3v) is 3.37. The van der Waals surface area contributed by atoms with Crippen molar-refractivity contribution in [2.45, 2.75) is 39.2 Å². The van der Waals surface area contributed by atoms with Crippen molar-refractivity contribution in [1.82, 2.24) is 0 Å². The fraction of sp³-hybridized carbons (Fsp3) is 0.500. The summed E-state index contributed by atoms with van der Waals surface area (Å²) < 4.78 is 5.18. The van der Waals surface area contributed by atoms with E-state index in [1.54, 1.807) is 7.11 Å². The number of nitrogens with one attached hydrogen (secondary N) is 1. The number of anilines is 1. The maximum atomic E-state index is 12.1. The lowest BCUT2D eigenvalue weighted by Crippen LogP contribution is -2.50. The maximum absolute atomic E-state index is 12.1. The molecule has 1 amide bonds. The van der Waals surface area contributed by atoms with Gasteiger partial charge in [-0.2, -0.15) is 0 Å². The van der Waals surface area contributed by atoms with Crippen LogP contribution in [0.2, 0.25) is 0 Å². The maximum Gasteiger partial charge on any atom is 0.244 e. The number of benzene rings is 1. The zero-order valence-electron chi connectivity index (χ0n) is 11.5.